The summed E-state index contributed by atoms with van der Waals surface area (Å²) in [6, 6.07) is 0. The minimum absolute atomic E-state index is 0.000702. The molecule has 0 saturated carbocycles. The van der Waals surface area contributed by atoms with Gasteiger partial charge in [0, 0.05) is 31.3 Å². The molecular weight excluding hydrogens is 221 g/mol. The molecule has 1 saturated heterocycles. The van der Waals surface area contributed by atoms with E-state index >= 15 is 0 Å². The molecule has 15 heavy (non-hydrogen) atoms. The number of alkyl halides is 2. The Bertz CT molecular complexity index is 216. The molecule has 88 valence electrons. The number of nitrogens with zero attached hydrogens (tertiary/aromatic N) is 1. The number of amides is 1. The van der Waals surface area contributed by atoms with Crippen LogP contribution in [0, 0.1) is 5.92 Å². The number of carbonyl (C=O) groups is 1. The van der Waals surface area contributed by atoms with Crippen molar-refractivity contribution in [3.05, 3.63) is 0 Å². The third-order valence-corrected chi connectivity index (χ3v) is 3.02. The van der Waals surface area contributed by atoms with Gasteiger partial charge in [0.1, 0.15) is 0 Å². The molecule has 0 unspecified atom stereocenters. The summed E-state index contributed by atoms with van der Waals surface area (Å²) in [5.74, 6) is 0.190. The normalized spacial score (nSPS) is 26.7. The highest BCUT2D eigenvalue weighted by Crippen LogP contribution is 2.21. The van der Waals surface area contributed by atoms with Gasteiger partial charge in [-0.15, -0.1) is 11.6 Å². The van der Waals surface area contributed by atoms with E-state index in [0.29, 0.717) is 38.2 Å². The van der Waals surface area contributed by atoms with Crippen molar-refractivity contribution < 1.29 is 14.3 Å². The molecule has 1 amide bonds. The largest absolute Gasteiger partial charge is 0.393 e. The van der Waals surface area contributed by atoms with Gasteiger partial charge in [0.05, 0.1) is 12.8 Å². The molecule has 1 aliphatic heterocycles. The zero-order valence-electron chi connectivity index (χ0n) is 8.66. The number of aliphatic hydroxyl groups is 1. The van der Waals surface area contributed by atoms with E-state index in [-0.39, 0.29) is 11.8 Å². The molecule has 2 atom stereocenters. The van der Waals surface area contributed by atoms with Crippen LogP contribution in [0.2, 0.25) is 0 Å². The molecule has 1 fully saturated rings. The summed E-state index contributed by atoms with van der Waals surface area (Å²) in [4.78, 5) is 13.2. The van der Waals surface area contributed by atoms with Crippen LogP contribution >= 0.6 is 11.6 Å². The molecule has 0 bridgehead atoms. The predicted octanol–water partition coefficient (Wildman–Crippen LogP) is 1.18. The van der Waals surface area contributed by atoms with Crippen molar-refractivity contribution in [2.45, 2.75) is 25.4 Å². The summed E-state index contributed by atoms with van der Waals surface area (Å²) in [6.45, 7) is 0.569. The van der Waals surface area contributed by atoms with Crippen LogP contribution in [-0.4, -0.2) is 47.7 Å². The first kappa shape index (κ1) is 12.7. The zero-order valence-corrected chi connectivity index (χ0v) is 9.42. The second-order valence-corrected chi connectivity index (χ2v) is 4.25. The summed E-state index contributed by atoms with van der Waals surface area (Å²) in [5.41, 5.74) is 0. The molecule has 1 N–H and O–H groups in total. The van der Waals surface area contributed by atoms with Crippen molar-refractivity contribution in [2.24, 2.45) is 5.92 Å². The van der Waals surface area contributed by atoms with Gasteiger partial charge in [0.2, 0.25) is 5.91 Å². The van der Waals surface area contributed by atoms with E-state index in [1.165, 1.54) is 0 Å². The van der Waals surface area contributed by atoms with E-state index in [4.69, 9.17) is 11.6 Å². The summed E-state index contributed by atoms with van der Waals surface area (Å²) in [5, 5.41) is 9.60. The maximum Gasteiger partial charge on any atom is 0.223 e. The van der Waals surface area contributed by atoms with Crippen LogP contribution in [0.15, 0.2) is 0 Å². The van der Waals surface area contributed by atoms with E-state index in [9.17, 15) is 14.3 Å². The Morgan fingerprint density at radius 2 is 2.33 bits per heavy atom. The summed E-state index contributed by atoms with van der Waals surface area (Å²) in [6.07, 6.45) is 0.714. The van der Waals surface area contributed by atoms with Gasteiger partial charge in [-0.2, -0.15) is 0 Å². The number of hydrogen-bond donors (Lipinski definition) is 1. The Labute approximate surface area is 94.2 Å². The molecule has 0 aliphatic carbocycles. The number of aliphatic hydroxyl groups excluding tert-OH is 1. The highest BCUT2D eigenvalue weighted by atomic mass is 35.5. The van der Waals surface area contributed by atoms with Crippen LogP contribution in [-0.2, 0) is 4.79 Å². The number of halogens is 2. The first-order chi connectivity index (χ1) is 7.19. The van der Waals surface area contributed by atoms with Crippen LogP contribution in [0.25, 0.3) is 0 Å². The molecule has 1 aliphatic rings. The molecular formula is C10H17ClFNO2. The Morgan fingerprint density at radius 3 is 2.93 bits per heavy atom. The van der Waals surface area contributed by atoms with Crippen molar-refractivity contribution in [3.63, 3.8) is 0 Å². The molecule has 1 rings (SSSR count). The lowest BCUT2D eigenvalue weighted by molar-refractivity contribution is -0.134. The fourth-order valence-corrected chi connectivity index (χ4v) is 2.07. The van der Waals surface area contributed by atoms with Gasteiger partial charge in [-0.3, -0.25) is 9.18 Å². The first-order valence-electron chi connectivity index (χ1n) is 5.26. The van der Waals surface area contributed by atoms with Crippen LogP contribution in [0.1, 0.15) is 19.3 Å². The van der Waals surface area contributed by atoms with Gasteiger partial charge in [-0.05, 0) is 12.8 Å². The molecule has 0 aromatic heterocycles. The molecule has 0 aromatic carbocycles. The average molecular weight is 238 g/mol. The maximum atomic E-state index is 12.2. The van der Waals surface area contributed by atoms with Gasteiger partial charge >= 0.3 is 0 Å². The number of likely N-dealkylation sites (tertiary alicyclic amines) is 1. The SMILES string of the molecule is O=C(CCCl)N1CC[C@@H](O)[C@@H](CCF)C1. The Morgan fingerprint density at radius 1 is 1.60 bits per heavy atom. The van der Waals surface area contributed by atoms with Crippen LogP contribution in [0.5, 0.6) is 0 Å². The number of carbonyl (C=O) groups excluding carboxylic acids is 1. The van der Waals surface area contributed by atoms with E-state index in [0.717, 1.165) is 0 Å². The molecule has 0 aromatic rings. The van der Waals surface area contributed by atoms with Gasteiger partial charge in [0.25, 0.3) is 0 Å². The number of piperidine rings is 1. The van der Waals surface area contributed by atoms with E-state index < -0.39 is 12.8 Å². The van der Waals surface area contributed by atoms with Crippen molar-refractivity contribution >= 4 is 17.5 Å². The van der Waals surface area contributed by atoms with Crippen LogP contribution in [0.4, 0.5) is 4.39 Å². The average Bonchev–Trinajstić information content (AvgIpc) is 2.22. The van der Waals surface area contributed by atoms with Gasteiger partial charge in [-0.1, -0.05) is 0 Å². The summed E-state index contributed by atoms with van der Waals surface area (Å²) >= 11 is 5.48. The van der Waals surface area contributed by atoms with E-state index in [1.807, 2.05) is 0 Å². The summed E-state index contributed by atoms with van der Waals surface area (Å²) < 4.78 is 12.2. The third kappa shape index (κ3) is 3.61. The van der Waals surface area contributed by atoms with Gasteiger partial charge < -0.3 is 10.0 Å². The van der Waals surface area contributed by atoms with Gasteiger partial charge in [0.15, 0.2) is 0 Å². The van der Waals surface area contributed by atoms with Crippen molar-refractivity contribution in [1.82, 2.24) is 4.90 Å². The zero-order chi connectivity index (χ0) is 11.3. The highest BCUT2D eigenvalue weighted by Gasteiger charge is 2.29. The van der Waals surface area contributed by atoms with E-state index in [1.54, 1.807) is 4.90 Å². The fraction of sp³-hybridized carbons (Fsp3) is 0.900. The lowest BCUT2D eigenvalue weighted by Gasteiger charge is -2.35. The number of rotatable bonds is 4. The van der Waals surface area contributed by atoms with Crippen molar-refractivity contribution in [3.8, 4) is 0 Å². The molecule has 3 nitrogen and oxygen atoms in total. The van der Waals surface area contributed by atoms with Crippen molar-refractivity contribution in [2.75, 3.05) is 25.6 Å². The Hall–Kier alpha value is -0.350. The second-order valence-electron chi connectivity index (χ2n) is 3.87. The molecule has 0 radical (unpaired) electrons. The lowest BCUT2D eigenvalue weighted by Crippen LogP contribution is -2.46. The van der Waals surface area contributed by atoms with Crippen LogP contribution < -0.4 is 0 Å². The molecule has 5 heteroatoms. The van der Waals surface area contributed by atoms with Crippen molar-refractivity contribution in [1.29, 1.82) is 0 Å². The van der Waals surface area contributed by atoms with Crippen LogP contribution in [0.3, 0.4) is 0 Å². The maximum absolute atomic E-state index is 12.2. The smallest absolute Gasteiger partial charge is 0.223 e. The Balaban J connectivity index is 2.45. The lowest BCUT2D eigenvalue weighted by atomic mass is 9.92. The standard InChI is InChI=1S/C10H17ClFNO2/c11-4-1-10(15)13-6-3-9(14)8(7-13)2-5-12/h8-9,14H,1-7H2/t8-,9+/m0/s1. The van der Waals surface area contributed by atoms with Gasteiger partial charge in [-0.25, -0.2) is 0 Å². The molecule has 0 spiro atoms. The Kier molecular flexibility index (Phi) is 5.32. The molecule has 1 heterocycles. The topological polar surface area (TPSA) is 40.5 Å². The summed E-state index contributed by atoms with van der Waals surface area (Å²) in [7, 11) is 0. The second kappa shape index (κ2) is 6.28. The quantitative estimate of drug-likeness (QED) is 0.746. The fourth-order valence-electron chi connectivity index (χ4n) is 1.91. The highest BCUT2D eigenvalue weighted by molar-refractivity contribution is 6.18. The monoisotopic (exact) mass is 237 g/mol. The predicted molar refractivity (Wildman–Crippen MR) is 56.6 cm³/mol. The minimum atomic E-state index is -0.471. The first-order valence-corrected chi connectivity index (χ1v) is 5.80. The van der Waals surface area contributed by atoms with E-state index in [2.05, 4.69) is 0 Å². The minimum Gasteiger partial charge on any atom is -0.393 e. The third-order valence-electron chi connectivity index (χ3n) is 2.83. The number of hydrogen-bond acceptors (Lipinski definition) is 2.